The number of hydrogen-bond donors (Lipinski definition) is 1. The minimum atomic E-state index is -3.53. The smallest absolute Gasteiger partial charge is 0.317 e. The Morgan fingerprint density at radius 2 is 1.76 bits per heavy atom. The Morgan fingerprint density at radius 3 is 2.48 bits per heavy atom. The number of nitrogens with zero attached hydrogens (tertiary/aromatic N) is 3. The van der Waals surface area contributed by atoms with E-state index in [1.807, 2.05) is 26.0 Å². The lowest BCUT2D eigenvalue weighted by Crippen LogP contribution is -2.56. The fourth-order valence-corrected chi connectivity index (χ4v) is 6.65. The summed E-state index contributed by atoms with van der Waals surface area (Å²) in [7, 11) is -3.53. The summed E-state index contributed by atoms with van der Waals surface area (Å²) >= 11 is 0. The molecule has 0 spiro atoms. The van der Waals surface area contributed by atoms with Gasteiger partial charge in [0.05, 0.1) is 4.90 Å². The summed E-state index contributed by atoms with van der Waals surface area (Å²) in [5, 5.41) is 3.23. The van der Waals surface area contributed by atoms with Gasteiger partial charge in [-0.25, -0.2) is 13.2 Å². The van der Waals surface area contributed by atoms with Crippen molar-refractivity contribution >= 4 is 16.1 Å². The molecule has 3 aliphatic rings. The van der Waals surface area contributed by atoms with Crippen molar-refractivity contribution in [3.8, 4) is 0 Å². The Bertz CT molecular complexity index is 865. The molecule has 4 rings (SSSR count). The highest BCUT2D eigenvalue weighted by Crippen LogP contribution is 2.27. The standard InChI is InChI=1S/C21H32N4O3S/c1-16-6-7-20(17(2)15-16)29(27,28)25-13-11-24(12-14-25)21(26)22-18-8-10-23-9-4-3-5-19(18)23/h6-7,15,18-19H,3-5,8-14H2,1-2H3,(H,22,26). The molecule has 160 valence electrons. The van der Waals surface area contributed by atoms with Crippen molar-refractivity contribution in [2.45, 2.75) is 56.5 Å². The molecule has 2 unspecified atom stereocenters. The molecule has 0 aromatic heterocycles. The molecule has 2 atom stereocenters. The van der Waals surface area contributed by atoms with Gasteiger partial charge in [0, 0.05) is 44.8 Å². The summed E-state index contributed by atoms with van der Waals surface area (Å²) in [6.45, 7) is 7.53. The van der Waals surface area contributed by atoms with Crippen LogP contribution in [0.2, 0.25) is 0 Å². The molecule has 2 amide bonds. The Kier molecular flexibility index (Phi) is 5.86. The van der Waals surface area contributed by atoms with Gasteiger partial charge in [-0.3, -0.25) is 4.90 Å². The number of fused-ring (bicyclic) bond motifs is 1. The van der Waals surface area contributed by atoms with E-state index in [-0.39, 0.29) is 12.1 Å². The second kappa shape index (κ2) is 8.24. The number of nitrogens with one attached hydrogen (secondary N) is 1. The van der Waals surface area contributed by atoms with Gasteiger partial charge in [0.2, 0.25) is 10.0 Å². The van der Waals surface area contributed by atoms with Crippen LogP contribution >= 0.6 is 0 Å². The van der Waals surface area contributed by atoms with E-state index >= 15 is 0 Å². The molecule has 3 saturated heterocycles. The van der Waals surface area contributed by atoms with E-state index in [0.717, 1.165) is 37.1 Å². The third kappa shape index (κ3) is 4.15. The fourth-order valence-electron chi connectivity index (χ4n) is 5.02. The molecular weight excluding hydrogens is 388 g/mol. The molecule has 7 nitrogen and oxygen atoms in total. The van der Waals surface area contributed by atoms with Gasteiger partial charge in [-0.05, 0) is 51.3 Å². The number of sulfonamides is 1. The number of carbonyl (C=O) groups is 1. The van der Waals surface area contributed by atoms with E-state index in [1.54, 1.807) is 11.0 Å². The molecule has 8 heteroatoms. The van der Waals surface area contributed by atoms with Gasteiger partial charge in [-0.1, -0.05) is 24.1 Å². The molecule has 1 aromatic rings. The highest BCUT2D eigenvalue weighted by atomic mass is 32.2. The van der Waals surface area contributed by atoms with Crippen LogP contribution in [0.15, 0.2) is 23.1 Å². The highest BCUT2D eigenvalue weighted by molar-refractivity contribution is 7.89. The van der Waals surface area contributed by atoms with Gasteiger partial charge in [0.1, 0.15) is 0 Å². The average molecular weight is 421 g/mol. The van der Waals surface area contributed by atoms with Crippen molar-refractivity contribution < 1.29 is 13.2 Å². The maximum absolute atomic E-state index is 13.0. The summed E-state index contributed by atoms with van der Waals surface area (Å²) in [6.07, 6.45) is 4.67. The molecule has 1 aromatic carbocycles. The van der Waals surface area contributed by atoms with Crippen LogP contribution in [0.25, 0.3) is 0 Å². The fraction of sp³-hybridized carbons (Fsp3) is 0.667. The minimum Gasteiger partial charge on any atom is -0.334 e. The Balaban J connectivity index is 1.34. The van der Waals surface area contributed by atoms with Gasteiger partial charge in [0.25, 0.3) is 0 Å². The van der Waals surface area contributed by atoms with E-state index in [1.165, 1.54) is 17.1 Å². The topological polar surface area (TPSA) is 73.0 Å². The van der Waals surface area contributed by atoms with Crippen LogP contribution in [-0.2, 0) is 10.0 Å². The number of aryl methyl sites for hydroxylation is 2. The van der Waals surface area contributed by atoms with E-state index in [2.05, 4.69) is 10.2 Å². The van der Waals surface area contributed by atoms with Crippen LogP contribution < -0.4 is 5.32 Å². The molecule has 3 heterocycles. The zero-order valence-corrected chi connectivity index (χ0v) is 18.2. The average Bonchev–Trinajstić information content (AvgIpc) is 3.11. The molecule has 29 heavy (non-hydrogen) atoms. The Morgan fingerprint density at radius 1 is 1.00 bits per heavy atom. The normalized spacial score (nSPS) is 26.3. The van der Waals surface area contributed by atoms with E-state index in [0.29, 0.717) is 37.1 Å². The number of piperidine rings is 1. The maximum Gasteiger partial charge on any atom is 0.317 e. The molecule has 1 N–H and O–H groups in total. The lowest BCUT2D eigenvalue weighted by Gasteiger charge is -2.36. The number of carbonyl (C=O) groups excluding carboxylic acids is 1. The monoisotopic (exact) mass is 420 g/mol. The maximum atomic E-state index is 13.0. The van der Waals surface area contributed by atoms with Crippen LogP contribution in [0.4, 0.5) is 4.79 Å². The summed E-state index contributed by atoms with van der Waals surface area (Å²) in [5.74, 6) is 0. The summed E-state index contributed by atoms with van der Waals surface area (Å²) in [4.78, 5) is 17.4. The lowest BCUT2D eigenvalue weighted by molar-refractivity contribution is 0.155. The van der Waals surface area contributed by atoms with E-state index in [4.69, 9.17) is 0 Å². The molecule has 0 aliphatic carbocycles. The number of hydrogen-bond acceptors (Lipinski definition) is 4. The number of benzene rings is 1. The third-order valence-corrected chi connectivity index (χ3v) is 8.70. The number of piperazine rings is 1. The van der Waals surface area contributed by atoms with Gasteiger partial charge in [-0.15, -0.1) is 0 Å². The largest absolute Gasteiger partial charge is 0.334 e. The van der Waals surface area contributed by atoms with Crippen LogP contribution in [0.1, 0.15) is 36.8 Å². The lowest BCUT2D eigenvalue weighted by atomic mass is 9.99. The zero-order chi connectivity index (χ0) is 20.6. The van der Waals surface area contributed by atoms with Crippen molar-refractivity contribution in [1.29, 1.82) is 0 Å². The summed E-state index contributed by atoms with van der Waals surface area (Å²) in [6, 6.07) is 6.06. The van der Waals surface area contributed by atoms with Crippen molar-refractivity contribution in [3.63, 3.8) is 0 Å². The van der Waals surface area contributed by atoms with Gasteiger partial charge < -0.3 is 10.2 Å². The molecule has 3 aliphatic heterocycles. The number of urea groups is 1. The SMILES string of the molecule is Cc1ccc(S(=O)(=O)N2CCN(C(=O)NC3CCN4CCCCC34)CC2)c(C)c1. The Hall–Kier alpha value is -1.64. The van der Waals surface area contributed by atoms with Crippen molar-refractivity contribution in [2.24, 2.45) is 0 Å². The quantitative estimate of drug-likeness (QED) is 0.811. The highest BCUT2D eigenvalue weighted by Gasteiger charge is 2.38. The summed E-state index contributed by atoms with van der Waals surface area (Å²) < 4.78 is 27.6. The van der Waals surface area contributed by atoms with Crippen LogP contribution in [0.5, 0.6) is 0 Å². The van der Waals surface area contributed by atoms with Gasteiger partial charge in [-0.2, -0.15) is 4.31 Å². The zero-order valence-electron chi connectivity index (χ0n) is 17.4. The second-order valence-electron chi connectivity index (χ2n) is 8.60. The predicted molar refractivity (Wildman–Crippen MR) is 112 cm³/mol. The van der Waals surface area contributed by atoms with Crippen LogP contribution in [-0.4, -0.2) is 79.9 Å². The molecule has 3 fully saturated rings. The molecule has 0 saturated carbocycles. The first-order valence-electron chi connectivity index (χ1n) is 10.7. The van der Waals surface area contributed by atoms with Gasteiger partial charge >= 0.3 is 6.03 Å². The molecule has 0 radical (unpaired) electrons. The summed E-state index contributed by atoms with van der Waals surface area (Å²) in [5.41, 5.74) is 1.81. The minimum absolute atomic E-state index is 0.0500. The molecule has 0 bridgehead atoms. The van der Waals surface area contributed by atoms with E-state index < -0.39 is 10.0 Å². The molecular formula is C21H32N4O3S. The van der Waals surface area contributed by atoms with Crippen molar-refractivity contribution in [2.75, 3.05) is 39.3 Å². The van der Waals surface area contributed by atoms with Crippen LogP contribution in [0, 0.1) is 13.8 Å². The van der Waals surface area contributed by atoms with Crippen molar-refractivity contribution in [3.05, 3.63) is 29.3 Å². The first-order valence-corrected chi connectivity index (χ1v) is 12.2. The first kappa shape index (κ1) is 20.6. The number of rotatable bonds is 3. The Labute approximate surface area is 174 Å². The van der Waals surface area contributed by atoms with Crippen molar-refractivity contribution in [1.82, 2.24) is 19.4 Å². The third-order valence-electron chi connectivity index (χ3n) is 6.64. The first-order chi connectivity index (χ1) is 13.9. The number of amides is 2. The predicted octanol–water partition coefficient (Wildman–Crippen LogP) is 1.95. The second-order valence-corrected chi connectivity index (χ2v) is 10.5. The van der Waals surface area contributed by atoms with Crippen LogP contribution in [0.3, 0.4) is 0 Å². The van der Waals surface area contributed by atoms with E-state index in [9.17, 15) is 13.2 Å². The van der Waals surface area contributed by atoms with Gasteiger partial charge in [0.15, 0.2) is 0 Å².